The molecule has 2 N–H and O–H groups in total. The summed E-state index contributed by atoms with van der Waals surface area (Å²) in [7, 11) is 0. The number of nitro groups is 1. The second-order valence-electron chi connectivity index (χ2n) is 8.07. The monoisotopic (exact) mass is 492 g/mol. The van der Waals surface area contributed by atoms with Crippen molar-refractivity contribution in [3.05, 3.63) is 92.5 Å². The van der Waals surface area contributed by atoms with Gasteiger partial charge in [0.25, 0.3) is 11.6 Å². The highest BCUT2D eigenvalue weighted by Crippen LogP contribution is 2.29. The number of non-ortho nitro benzene ring substituents is 1. The lowest BCUT2D eigenvalue weighted by Crippen LogP contribution is -2.25. The zero-order chi connectivity index (χ0) is 25.1. The first-order valence-electron chi connectivity index (χ1n) is 10.7. The number of fused-ring (bicyclic) bond motifs is 1. The van der Waals surface area contributed by atoms with E-state index in [9.17, 15) is 19.7 Å². The number of hydrogen-bond donors (Lipinski definition) is 2. The third kappa shape index (κ3) is 5.47. The van der Waals surface area contributed by atoms with Gasteiger partial charge < -0.3 is 15.0 Å². The third-order valence-corrected chi connectivity index (χ3v) is 5.63. The molecule has 9 nitrogen and oxygen atoms in total. The lowest BCUT2D eigenvalue weighted by Gasteiger charge is -2.11. The van der Waals surface area contributed by atoms with E-state index in [-0.39, 0.29) is 18.7 Å². The van der Waals surface area contributed by atoms with Gasteiger partial charge in [-0.3, -0.25) is 19.7 Å². The summed E-state index contributed by atoms with van der Waals surface area (Å²) >= 11 is 6.26. The molecule has 0 saturated heterocycles. The Morgan fingerprint density at radius 2 is 1.86 bits per heavy atom. The van der Waals surface area contributed by atoms with Gasteiger partial charge in [-0.1, -0.05) is 17.7 Å². The van der Waals surface area contributed by atoms with E-state index in [0.717, 1.165) is 16.6 Å². The lowest BCUT2D eigenvalue weighted by molar-refractivity contribution is -0.384. The number of imidazole rings is 1. The summed E-state index contributed by atoms with van der Waals surface area (Å²) in [5.74, 6) is -0.815. The minimum atomic E-state index is -0.997. The largest absolute Gasteiger partial charge is 0.481 e. The average molecular weight is 493 g/mol. The van der Waals surface area contributed by atoms with Gasteiger partial charge in [-0.15, -0.1) is 0 Å². The molecule has 1 heterocycles. The summed E-state index contributed by atoms with van der Waals surface area (Å²) in [5, 5.41) is 23.0. The van der Waals surface area contributed by atoms with Gasteiger partial charge in [-0.2, -0.15) is 0 Å². The Kier molecular flexibility index (Phi) is 6.79. The molecule has 3 aromatic carbocycles. The van der Waals surface area contributed by atoms with Gasteiger partial charge in [0.1, 0.15) is 5.82 Å². The number of nitro benzene ring substituents is 1. The summed E-state index contributed by atoms with van der Waals surface area (Å²) < 4.78 is 1.97. The lowest BCUT2D eigenvalue weighted by atomic mass is 10.1. The number of carboxylic acids is 1. The molecule has 4 aromatic rings. The second kappa shape index (κ2) is 9.94. The van der Waals surface area contributed by atoms with Crippen molar-refractivity contribution < 1.29 is 19.6 Å². The molecule has 1 amide bonds. The van der Waals surface area contributed by atoms with E-state index >= 15 is 0 Å². The molecule has 35 heavy (non-hydrogen) atoms. The highest BCUT2D eigenvalue weighted by molar-refractivity contribution is 6.30. The zero-order valence-electron chi connectivity index (χ0n) is 18.7. The molecule has 0 atom stereocenters. The molecule has 1 aromatic heterocycles. The van der Waals surface area contributed by atoms with Crippen LogP contribution in [0.2, 0.25) is 5.02 Å². The Morgan fingerprint density at radius 1 is 1.11 bits per heavy atom. The van der Waals surface area contributed by atoms with Crippen molar-refractivity contribution in [1.29, 1.82) is 0 Å². The van der Waals surface area contributed by atoms with Crippen molar-refractivity contribution in [2.24, 2.45) is 0 Å². The number of hydrogen-bond acceptors (Lipinski definition) is 5. The number of amides is 1. The average Bonchev–Trinajstić information content (AvgIpc) is 3.15. The maximum atomic E-state index is 12.5. The predicted octanol–water partition coefficient (Wildman–Crippen LogP) is 4.83. The molecule has 0 aliphatic rings. The number of halogens is 1. The van der Waals surface area contributed by atoms with Crippen molar-refractivity contribution in [3.63, 3.8) is 0 Å². The number of aromatic nitrogens is 2. The molecule has 0 aliphatic heterocycles. The smallest absolute Gasteiger partial charge is 0.305 e. The van der Waals surface area contributed by atoms with E-state index in [1.54, 1.807) is 30.3 Å². The fourth-order valence-corrected chi connectivity index (χ4v) is 4.17. The Bertz CT molecular complexity index is 1430. The van der Waals surface area contributed by atoms with Crippen LogP contribution in [0.1, 0.15) is 27.9 Å². The number of carbonyl (C=O) groups excluding carboxylic acids is 1. The molecule has 4 rings (SSSR count). The minimum absolute atomic E-state index is 0.0167. The number of aryl methyl sites for hydroxylation is 1. The van der Waals surface area contributed by atoms with Crippen molar-refractivity contribution in [2.75, 3.05) is 6.54 Å². The second-order valence-corrected chi connectivity index (χ2v) is 8.50. The first-order chi connectivity index (χ1) is 16.7. The predicted molar refractivity (Wildman–Crippen MR) is 132 cm³/mol. The Hall–Kier alpha value is -4.24. The van der Waals surface area contributed by atoms with Gasteiger partial charge in [-0.05, 0) is 60.5 Å². The number of nitrogens with one attached hydrogen (secondary N) is 1. The van der Waals surface area contributed by atoms with E-state index in [4.69, 9.17) is 21.7 Å². The summed E-state index contributed by atoms with van der Waals surface area (Å²) in [5.41, 5.74) is 4.28. The van der Waals surface area contributed by atoms with Crippen LogP contribution in [0.15, 0.2) is 60.7 Å². The van der Waals surface area contributed by atoms with Crippen LogP contribution in [0.25, 0.3) is 22.4 Å². The van der Waals surface area contributed by atoms with E-state index in [1.807, 2.05) is 29.7 Å². The molecular formula is C25H21ClN4O5. The molecule has 10 heteroatoms. The number of carbonyl (C=O) groups is 2. The number of aliphatic carboxylic acids is 1. The van der Waals surface area contributed by atoms with E-state index in [1.165, 1.54) is 12.1 Å². The van der Waals surface area contributed by atoms with Crippen molar-refractivity contribution in [2.45, 2.75) is 19.9 Å². The van der Waals surface area contributed by atoms with Gasteiger partial charge in [-0.25, -0.2) is 4.98 Å². The quantitative estimate of drug-likeness (QED) is 0.268. The minimum Gasteiger partial charge on any atom is -0.481 e. The van der Waals surface area contributed by atoms with Crippen molar-refractivity contribution in [3.8, 4) is 11.4 Å². The number of benzene rings is 3. The van der Waals surface area contributed by atoms with E-state index in [2.05, 4.69) is 5.32 Å². The van der Waals surface area contributed by atoms with Gasteiger partial charge in [0.05, 0.1) is 22.4 Å². The van der Waals surface area contributed by atoms with Crippen LogP contribution in [0.4, 0.5) is 5.69 Å². The van der Waals surface area contributed by atoms with Gasteiger partial charge >= 0.3 is 5.97 Å². The molecule has 0 unspecified atom stereocenters. The number of rotatable bonds is 8. The van der Waals surface area contributed by atoms with Crippen molar-refractivity contribution in [1.82, 2.24) is 14.9 Å². The van der Waals surface area contributed by atoms with Gasteiger partial charge in [0, 0.05) is 41.4 Å². The molecule has 0 bridgehead atoms. The molecule has 0 fully saturated rings. The molecule has 0 radical (unpaired) electrons. The van der Waals surface area contributed by atoms with Crippen LogP contribution < -0.4 is 5.32 Å². The van der Waals surface area contributed by atoms with Crippen LogP contribution in [-0.4, -0.2) is 38.0 Å². The van der Waals surface area contributed by atoms with Gasteiger partial charge in [0.15, 0.2) is 0 Å². The van der Waals surface area contributed by atoms with E-state index < -0.39 is 16.8 Å². The Labute approximate surface area is 205 Å². The fourth-order valence-electron chi connectivity index (χ4n) is 3.85. The van der Waals surface area contributed by atoms with E-state index in [0.29, 0.717) is 34.0 Å². The summed E-state index contributed by atoms with van der Waals surface area (Å²) in [4.78, 5) is 38.5. The van der Waals surface area contributed by atoms with Gasteiger partial charge in [0.2, 0.25) is 0 Å². The zero-order valence-corrected chi connectivity index (χ0v) is 19.5. The number of nitrogens with zero attached hydrogens (tertiary/aromatic N) is 3. The van der Waals surface area contributed by atoms with Crippen LogP contribution in [0.3, 0.4) is 0 Å². The SMILES string of the molecule is Cc1cc(Cl)cc(Cn2c(-c3ccc([N+](=O)[O-])cc3)nc3cc(C(=O)NCCC(=O)O)ccc32)c1. The Balaban J connectivity index is 1.77. The summed E-state index contributed by atoms with van der Waals surface area (Å²) in [6.45, 7) is 2.41. The summed E-state index contributed by atoms with van der Waals surface area (Å²) in [6, 6.07) is 16.9. The standard InChI is InChI=1S/C25H21ClN4O5/c1-15-10-16(12-19(26)11-15)14-29-22-7-4-18(25(33)27-9-8-23(31)32)13-21(22)28-24(29)17-2-5-20(6-3-17)30(34)35/h2-7,10-13H,8-9,14H2,1H3,(H,27,33)(H,31,32). The molecule has 178 valence electrons. The highest BCUT2D eigenvalue weighted by atomic mass is 35.5. The topological polar surface area (TPSA) is 127 Å². The maximum Gasteiger partial charge on any atom is 0.305 e. The number of carboxylic acid groups (broad SMARTS) is 1. The maximum absolute atomic E-state index is 12.5. The molecule has 0 aliphatic carbocycles. The normalized spacial score (nSPS) is 10.9. The Morgan fingerprint density at radius 3 is 2.51 bits per heavy atom. The van der Waals surface area contributed by atoms with Crippen molar-refractivity contribution >= 4 is 40.2 Å². The third-order valence-electron chi connectivity index (χ3n) is 5.41. The first-order valence-corrected chi connectivity index (χ1v) is 11.1. The van der Waals surface area contributed by atoms with Crippen LogP contribution in [0.5, 0.6) is 0 Å². The summed E-state index contributed by atoms with van der Waals surface area (Å²) in [6.07, 6.45) is -0.175. The molecular weight excluding hydrogens is 472 g/mol. The van der Waals surface area contributed by atoms with Crippen LogP contribution in [0, 0.1) is 17.0 Å². The fraction of sp³-hybridized carbons (Fsp3) is 0.160. The first kappa shape index (κ1) is 23.9. The molecule has 0 spiro atoms. The highest BCUT2D eigenvalue weighted by Gasteiger charge is 2.17. The van der Waals surface area contributed by atoms with Crippen LogP contribution in [-0.2, 0) is 11.3 Å². The molecule has 0 saturated carbocycles. The van der Waals surface area contributed by atoms with Crippen LogP contribution >= 0.6 is 11.6 Å².